The first-order valence-corrected chi connectivity index (χ1v) is 5.16. The van der Waals surface area contributed by atoms with E-state index in [9.17, 15) is 5.11 Å². The van der Waals surface area contributed by atoms with E-state index in [0.717, 1.165) is 13.0 Å². The minimum atomic E-state index is -0.209. The summed E-state index contributed by atoms with van der Waals surface area (Å²) in [6, 6.07) is 8.47. The van der Waals surface area contributed by atoms with Crippen molar-refractivity contribution in [2.45, 2.75) is 25.4 Å². The summed E-state index contributed by atoms with van der Waals surface area (Å²) in [5.74, 6) is 0.496. The van der Waals surface area contributed by atoms with Crippen LogP contribution in [0.5, 0.6) is 0 Å². The summed E-state index contributed by atoms with van der Waals surface area (Å²) in [7, 11) is 2.11. The number of rotatable bonds is 2. The molecule has 1 N–H and O–H groups in total. The van der Waals surface area contributed by atoms with Crippen LogP contribution in [0.15, 0.2) is 24.3 Å². The molecular formula is C12H17NO. The molecule has 1 aliphatic heterocycles. The Hall–Kier alpha value is -1.02. The Balaban J connectivity index is 2.25. The van der Waals surface area contributed by atoms with Gasteiger partial charge in [0.2, 0.25) is 0 Å². The summed E-state index contributed by atoms with van der Waals surface area (Å²) >= 11 is 0. The molecule has 0 saturated carbocycles. The molecule has 0 amide bonds. The largest absolute Gasteiger partial charge is 0.393 e. The topological polar surface area (TPSA) is 23.5 Å². The molecule has 0 bridgehead atoms. The summed E-state index contributed by atoms with van der Waals surface area (Å²) in [5.41, 5.74) is 2.70. The number of para-hydroxylation sites is 1. The van der Waals surface area contributed by atoms with Crippen LogP contribution >= 0.6 is 0 Å². The normalized spacial score (nSPS) is 22.2. The van der Waals surface area contributed by atoms with Gasteiger partial charge >= 0.3 is 0 Å². The fourth-order valence-corrected chi connectivity index (χ4v) is 2.32. The number of anilines is 1. The maximum Gasteiger partial charge on any atom is 0.0518 e. The first-order valence-electron chi connectivity index (χ1n) is 5.16. The van der Waals surface area contributed by atoms with Crippen LogP contribution in [0.25, 0.3) is 0 Å². The van der Waals surface area contributed by atoms with Gasteiger partial charge in [0.15, 0.2) is 0 Å². The van der Waals surface area contributed by atoms with Crippen LogP contribution in [0.4, 0.5) is 5.69 Å². The summed E-state index contributed by atoms with van der Waals surface area (Å²) in [6.45, 7) is 2.89. The lowest BCUT2D eigenvalue weighted by Gasteiger charge is -2.13. The molecule has 2 heteroatoms. The van der Waals surface area contributed by atoms with Crippen molar-refractivity contribution in [1.29, 1.82) is 0 Å². The average Bonchev–Trinajstić information content (AvgIpc) is 2.44. The van der Waals surface area contributed by atoms with E-state index < -0.39 is 0 Å². The number of aliphatic hydroxyl groups is 1. The Morgan fingerprint density at radius 1 is 1.50 bits per heavy atom. The van der Waals surface area contributed by atoms with Gasteiger partial charge in [0.05, 0.1) is 6.10 Å². The number of hydrogen-bond acceptors (Lipinski definition) is 2. The molecule has 0 aliphatic carbocycles. The van der Waals surface area contributed by atoms with E-state index in [2.05, 4.69) is 36.2 Å². The SMILES string of the molecule is CC(O)CC1CN(C)c2ccccc21. The smallest absolute Gasteiger partial charge is 0.0518 e. The number of likely N-dealkylation sites (N-methyl/N-ethyl adjacent to an activating group) is 1. The lowest BCUT2D eigenvalue weighted by Crippen LogP contribution is -2.17. The molecule has 2 unspecified atom stereocenters. The zero-order valence-electron chi connectivity index (χ0n) is 8.77. The van der Waals surface area contributed by atoms with E-state index in [-0.39, 0.29) is 6.10 Å². The maximum absolute atomic E-state index is 9.41. The second-order valence-electron chi connectivity index (χ2n) is 4.22. The van der Waals surface area contributed by atoms with E-state index >= 15 is 0 Å². The van der Waals surface area contributed by atoms with Gasteiger partial charge in [0, 0.05) is 25.2 Å². The van der Waals surface area contributed by atoms with Gasteiger partial charge in [-0.3, -0.25) is 0 Å². The average molecular weight is 191 g/mol. The molecule has 14 heavy (non-hydrogen) atoms. The van der Waals surface area contributed by atoms with E-state index in [1.165, 1.54) is 11.3 Å². The predicted octanol–water partition coefficient (Wildman–Crippen LogP) is 1.99. The molecule has 2 rings (SSSR count). The highest BCUT2D eigenvalue weighted by Crippen LogP contribution is 2.37. The third-order valence-electron chi connectivity index (χ3n) is 2.91. The number of fused-ring (bicyclic) bond motifs is 1. The number of nitrogens with zero attached hydrogens (tertiary/aromatic N) is 1. The standard InChI is InChI=1S/C12H17NO/c1-9(14)7-10-8-13(2)12-6-4-3-5-11(10)12/h3-6,9-10,14H,7-8H2,1-2H3. The van der Waals surface area contributed by atoms with Gasteiger partial charge in [0.1, 0.15) is 0 Å². The number of benzene rings is 1. The van der Waals surface area contributed by atoms with Gasteiger partial charge in [-0.05, 0) is 25.0 Å². The molecule has 1 heterocycles. The van der Waals surface area contributed by atoms with E-state index in [1.54, 1.807) is 0 Å². The van der Waals surface area contributed by atoms with Crippen molar-refractivity contribution in [1.82, 2.24) is 0 Å². The third kappa shape index (κ3) is 1.62. The van der Waals surface area contributed by atoms with Crippen molar-refractivity contribution in [2.24, 2.45) is 0 Å². The quantitative estimate of drug-likeness (QED) is 0.772. The molecule has 1 aromatic carbocycles. The van der Waals surface area contributed by atoms with Gasteiger partial charge in [0.25, 0.3) is 0 Å². The van der Waals surface area contributed by atoms with Crippen LogP contribution in [-0.2, 0) is 0 Å². The molecular weight excluding hydrogens is 174 g/mol. The minimum Gasteiger partial charge on any atom is -0.393 e. The summed E-state index contributed by atoms with van der Waals surface area (Å²) in [5, 5.41) is 9.41. The molecule has 1 aromatic rings. The first-order chi connectivity index (χ1) is 6.68. The molecule has 0 aromatic heterocycles. The Morgan fingerprint density at radius 2 is 2.21 bits per heavy atom. The highest BCUT2D eigenvalue weighted by molar-refractivity contribution is 5.59. The van der Waals surface area contributed by atoms with Crippen molar-refractivity contribution >= 4 is 5.69 Å². The number of hydrogen-bond donors (Lipinski definition) is 1. The molecule has 0 radical (unpaired) electrons. The Morgan fingerprint density at radius 3 is 2.93 bits per heavy atom. The summed E-state index contributed by atoms with van der Waals surface area (Å²) in [6.07, 6.45) is 0.654. The molecule has 76 valence electrons. The Kier molecular flexibility index (Phi) is 2.46. The number of aliphatic hydroxyl groups excluding tert-OH is 1. The van der Waals surface area contributed by atoms with Crippen molar-refractivity contribution in [3.05, 3.63) is 29.8 Å². The predicted molar refractivity (Wildman–Crippen MR) is 58.8 cm³/mol. The van der Waals surface area contributed by atoms with Crippen LogP contribution in [-0.4, -0.2) is 24.8 Å². The van der Waals surface area contributed by atoms with Crippen LogP contribution < -0.4 is 4.90 Å². The lowest BCUT2D eigenvalue weighted by atomic mass is 9.96. The van der Waals surface area contributed by atoms with Gasteiger partial charge < -0.3 is 10.0 Å². The third-order valence-corrected chi connectivity index (χ3v) is 2.91. The van der Waals surface area contributed by atoms with E-state index in [0.29, 0.717) is 5.92 Å². The second-order valence-corrected chi connectivity index (χ2v) is 4.22. The molecule has 2 atom stereocenters. The Bertz CT molecular complexity index is 320. The van der Waals surface area contributed by atoms with Crippen LogP contribution in [0.1, 0.15) is 24.8 Å². The summed E-state index contributed by atoms with van der Waals surface area (Å²) in [4.78, 5) is 2.27. The lowest BCUT2D eigenvalue weighted by molar-refractivity contribution is 0.176. The molecule has 2 nitrogen and oxygen atoms in total. The van der Waals surface area contributed by atoms with Crippen LogP contribution in [0, 0.1) is 0 Å². The van der Waals surface area contributed by atoms with Gasteiger partial charge in [-0.2, -0.15) is 0 Å². The fourth-order valence-electron chi connectivity index (χ4n) is 2.32. The second kappa shape index (κ2) is 3.62. The monoisotopic (exact) mass is 191 g/mol. The van der Waals surface area contributed by atoms with Gasteiger partial charge in [-0.15, -0.1) is 0 Å². The minimum absolute atomic E-state index is 0.209. The zero-order chi connectivity index (χ0) is 10.1. The van der Waals surface area contributed by atoms with Crippen molar-refractivity contribution in [3.8, 4) is 0 Å². The van der Waals surface area contributed by atoms with Gasteiger partial charge in [-0.1, -0.05) is 18.2 Å². The first kappa shape index (κ1) is 9.53. The van der Waals surface area contributed by atoms with Crippen molar-refractivity contribution in [3.63, 3.8) is 0 Å². The van der Waals surface area contributed by atoms with Crippen LogP contribution in [0.2, 0.25) is 0 Å². The highest BCUT2D eigenvalue weighted by Gasteiger charge is 2.26. The van der Waals surface area contributed by atoms with Crippen LogP contribution in [0.3, 0.4) is 0 Å². The fraction of sp³-hybridized carbons (Fsp3) is 0.500. The maximum atomic E-state index is 9.41. The van der Waals surface area contributed by atoms with E-state index in [4.69, 9.17) is 0 Å². The molecule has 0 saturated heterocycles. The summed E-state index contributed by atoms with van der Waals surface area (Å²) < 4.78 is 0. The molecule has 0 fully saturated rings. The highest BCUT2D eigenvalue weighted by atomic mass is 16.3. The van der Waals surface area contributed by atoms with E-state index in [1.807, 2.05) is 6.92 Å². The zero-order valence-corrected chi connectivity index (χ0v) is 8.77. The Labute approximate surface area is 85.2 Å². The van der Waals surface area contributed by atoms with Gasteiger partial charge in [-0.25, -0.2) is 0 Å². The van der Waals surface area contributed by atoms with Crippen molar-refractivity contribution in [2.75, 3.05) is 18.5 Å². The molecule has 0 spiro atoms. The van der Waals surface area contributed by atoms with Crippen molar-refractivity contribution < 1.29 is 5.11 Å². The molecule has 1 aliphatic rings.